The van der Waals surface area contributed by atoms with E-state index in [1.54, 1.807) is 0 Å². The van der Waals surface area contributed by atoms with Gasteiger partial charge < -0.3 is 4.90 Å². The minimum Gasteiger partial charge on any atom is -0.354 e. The molecule has 0 bridgehead atoms. The molecule has 23 heavy (non-hydrogen) atoms. The molecule has 0 radical (unpaired) electrons. The number of aromatic nitrogens is 2. The van der Waals surface area contributed by atoms with Crippen LogP contribution in [0.2, 0.25) is 0 Å². The third-order valence-electron chi connectivity index (χ3n) is 4.43. The number of fused-ring (bicyclic) bond motifs is 1. The average molecular weight is 301 g/mol. The van der Waals surface area contributed by atoms with Gasteiger partial charge in [0.2, 0.25) is 0 Å². The molecule has 2 aromatic carbocycles. The van der Waals surface area contributed by atoms with Gasteiger partial charge in [0, 0.05) is 23.9 Å². The lowest BCUT2D eigenvalue weighted by Crippen LogP contribution is -2.31. The molecule has 1 fully saturated rings. The minimum atomic E-state index is 1.00. The smallest absolute Gasteiger partial charge is 0.159 e. The third-order valence-corrected chi connectivity index (χ3v) is 4.43. The Morgan fingerprint density at radius 2 is 1.61 bits per heavy atom. The summed E-state index contributed by atoms with van der Waals surface area (Å²) in [6, 6.07) is 18.9. The second kappa shape index (κ2) is 6.21. The van der Waals surface area contributed by atoms with E-state index in [0.717, 1.165) is 37.1 Å². The second-order valence-electron chi connectivity index (χ2n) is 5.96. The number of benzene rings is 2. The number of piperidine rings is 1. The predicted molar refractivity (Wildman–Crippen MR) is 95.4 cm³/mol. The van der Waals surface area contributed by atoms with Crippen LogP contribution in [-0.4, -0.2) is 23.3 Å². The van der Waals surface area contributed by atoms with Crippen molar-refractivity contribution in [2.75, 3.05) is 18.0 Å². The summed E-state index contributed by atoms with van der Waals surface area (Å²) >= 11 is 0. The molecule has 0 unspecified atom stereocenters. The highest BCUT2D eigenvalue weighted by atomic mass is 15.3. The van der Waals surface area contributed by atoms with Gasteiger partial charge in [0.25, 0.3) is 0 Å². The Hall–Kier alpha value is -2.68. The van der Waals surface area contributed by atoms with Crippen molar-refractivity contribution in [3.63, 3.8) is 0 Å². The van der Waals surface area contributed by atoms with Crippen LogP contribution in [0.25, 0.3) is 16.8 Å². The molecule has 4 rings (SSSR count). The van der Waals surface area contributed by atoms with Crippen molar-refractivity contribution in [1.29, 1.82) is 0 Å². The van der Waals surface area contributed by atoms with Crippen LogP contribution in [0.3, 0.4) is 0 Å². The van der Waals surface area contributed by atoms with E-state index in [2.05, 4.69) is 69.7 Å². The number of hydrogen-bond acceptors (Lipinski definition) is 3. The van der Waals surface area contributed by atoms with E-state index in [9.17, 15) is 0 Å². The first-order valence-corrected chi connectivity index (χ1v) is 8.10. The van der Waals surface area contributed by atoms with E-state index < -0.39 is 0 Å². The zero-order chi connectivity index (χ0) is 15.5. The van der Waals surface area contributed by atoms with E-state index in [4.69, 9.17) is 0 Å². The lowest BCUT2D eigenvalue weighted by Gasteiger charge is -2.29. The van der Waals surface area contributed by atoms with Gasteiger partial charge in [-0.15, -0.1) is 5.10 Å². The number of hydrogen-bond donors (Lipinski definition) is 0. The molecule has 3 nitrogen and oxygen atoms in total. The molecule has 0 amide bonds. The van der Waals surface area contributed by atoms with E-state index >= 15 is 0 Å². The fourth-order valence-electron chi connectivity index (χ4n) is 3.18. The Balaban J connectivity index is 1.54. The van der Waals surface area contributed by atoms with Crippen molar-refractivity contribution < 1.29 is 0 Å². The molecule has 1 saturated heterocycles. The highest BCUT2D eigenvalue weighted by molar-refractivity contribution is 5.91. The number of rotatable bonds is 2. The predicted octanol–water partition coefficient (Wildman–Crippen LogP) is 4.31. The first-order valence-electron chi connectivity index (χ1n) is 8.10. The van der Waals surface area contributed by atoms with Crippen molar-refractivity contribution in [3.05, 3.63) is 71.9 Å². The van der Waals surface area contributed by atoms with E-state index in [1.165, 1.54) is 16.5 Å². The molecule has 0 atom stereocenters. The molecule has 2 heterocycles. The van der Waals surface area contributed by atoms with Crippen LogP contribution in [0.15, 0.2) is 66.4 Å². The average Bonchev–Trinajstić information content (AvgIpc) is 2.63. The monoisotopic (exact) mass is 301 g/mol. The second-order valence-corrected chi connectivity index (χ2v) is 5.96. The van der Waals surface area contributed by atoms with Gasteiger partial charge in [0.05, 0.1) is 6.20 Å². The van der Waals surface area contributed by atoms with Crippen LogP contribution in [0.5, 0.6) is 0 Å². The molecule has 1 aliphatic heterocycles. The van der Waals surface area contributed by atoms with Gasteiger partial charge in [-0.3, -0.25) is 0 Å². The van der Waals surface area contributed by atoms with Crippen molar-refractivity contribution in [2.45, 2.75) is 12.8 Å². The van der Waals surface area contributed by atoms with Crippen molar-refractivity contribution in [3.8, 4) is 0 Å². The molecular weight excluding hydrogens is 282 g/mol. The number of nitrogens with zero attached hydrogens (tertiary/aromatic N) is 3. The summed E-state index contributed by atoms with van der Waals surface area (Å²) in [5.74, 6) is 1.02. The molecule has 3 aromatic rings. The molecular formula is C20H19N3. The summed E-state index contributed by atoms with van der Waals surface area (Å²) < 4.78 is 0. The summed E-state index contributed by atoms with van der Waals surface area (Å²) in [6.07, 6.45) is 6.33. The molecule has 0 saturated carbocycles. The van der Waals surface area contributed by atoms with E-state index in [1.807, 2.05) is 12.3 Å². The molecule has 3 heteroatoms. The molecule has 1 aliphatic rings. The SMILES string of the molecule is C(=C1CCN(c2nncc3ccccc23)CC1)c1ccccc1. The summed E-state index contributed by atoms with van der Waals surface area (Å²) in [7, 11) is 0. The van der Waals surface area contributed by atoms with Crippen molar-refractivity contribution in [1.82, 2.24) is 10.2 Å². The topological polar surface area (TPSA) is 29.0 Å². The Morgan fingerprint density at radius 1 is 0.870 bits per heavy atom. The van der Waals surface area contributed by atoms with Gasteiger partial charge in [0.1, 0.15) is 0 Å². The molecule has 0 spiro atoms. The minimum absolute atomic E-state index is 1.00. The van der Waals surface area contributed by atoms with Crippen LogP contribution >= 0.6 is 0 Å². The van der Waals surface area contributed by atoms with Crippen LogP contribution in [0, 0.1) is 0 Å². The normalized spacial score (nSPS) is 15.0. The van der Waals surface area contributed by atoms with Crippen LogP contribution in [0.4, 0.5) is 5.82 Å². The maximum Gasteiger partial charge on any atom is 0.159 e. The van der Waals surface area contributed by atoms with Gasteiger partial charge >= 0.3 is 0 Å². The van der Waals surface area contributed by atoms with Crippen molar-refractivity contribution >= 4 is 22.7 Å². The van der Waals surface area contributed by atoms with Crippen LogP contribution in [-0.2, 0) is 0 Å². The highest BCUT2D eigenvalue weighted by Gasteiger charge is 2.17. The van der Waals surface area contributed by atoms with Gasteiger partial charge in [-0.1, -0.05) is 66.2 Å². The summed E-state index contributed by atoms with van der Waals surface area (Å²) in [6.45, 7) is 2.00. The first-order chi connectivity index (χ1) is 11.4. The lowest BCUT2D eigenvalue weighted by atomic mass is 10.0. The van der Waals surface area contributed by atoms with Crippen LogP contribution in [0.1, 0.15) is 18.4 Å². The van der Waals surface area contributed by atoms with Gasteiger partial charge in [0.15, 0.2) is 5.82 Å². The Kier molecular flexibility index (Phi) is 3.76. The Morgan fingerprint density at radius 3 is 2.43 bits per heavy atom. The Labute approximate surface area is 136 Å². The quantitative estimate of drug-likeness (QED) is 0.706. The van der Waals surface area contributed by atoms with Crippen LogP contribution < -0.4 is 4.90 Å². The standard InChI is InChI=1S/C20H19N3/c1-2-6-16(7-3-1)14-17-10-12-23(13-11-17)20-19-9-5-4-8-18(19)15-21-22-20/h1-9,14-15H,10-13H2. The lowest BCUT2D eigenvalue weighted by molar-refractivity contribution is 0.678. The molecule has 0 aliphatic carbocycles. The van der Waals surface area contributed by atoms with Gasteiger partial charge in [-0.2, -0.15) is 5.10 Å². The maximum absolute atomic E-state index is 4.40. The van der Waals surface area contributed by atoms with Crippen molar-refractivity contribution in [2.24, 2.45) is 0 Å². The fraction of sp³-hybridized carbons (Fsp3) is 0.200. The largest absolute Gasteiger partial charge is 0.354 e. The maximum atomic E-state index is 4.40. The highest BCUT2D eigenvalue weighted by Crippen LogP contribution is 2.27. The number of anilines is 1. The summed E-state index contributed by atoms with van der Waals surface area (Å²) in [5, 5.41) is 10.9. The first kappa shape index (κ1) is 13.9. The van der Waals surface area contributed by atoms with E-state index in [-0.39, 0.29) is 0 Å². The van der Waals surface area contributed by atoms with Gasteiger partial charge in [-0.25, -0.2) is 0 Å². The zero-order valence-corrected chi connectivity index (χ0v) is 13.0. The van der Waals surface area contributed by atoms with Gasteiger partial charge in [-0.05, 0) is 18.4 Å². The summed E-state index contributed by atoms with van der Waals surface area (Å²) in [4.78, 5) is 2.36. The molecule has 1 aromatic heterocycles. The summed E-state index contributed by atoms with van der Waals surface area (Å²) in [5.41, 5.74) is 2.81. The van der Waals surface area contributed by atoms with E-state index in [0.29, 0.717) is 0 Å². The molecule has 0 N–H and O–H groups in total. The fourth-order valence-corrected chi connectivity index (χ4v) is 3.18. The third kappa shape index (κ3) is 2.95. The zero-order valence-electron chi connectivity index (χ0n) is 13.0. The Bertz CT molecular complexity index is 824. The molecule has 114 valence electrons.